The second-order valence-corrected chi connectivity index (χ2v) is 5.33. The van der Waals surface area contributed by atoms with Crippen LogP contribution in [-0.2, 0) is 0 Å². The Labute approximate surface area is 82.9 Å². The van der Waals surface area contributed by atoms with E-state index in [0.717, 1.165) is 0 Å². The lowest BCUT2D eigenvalue weighted by Crippen LogP contribution is -2.61. The van der Waals surface area contributed by atoms with E-state index in [1.165, 1.54) is 13.1 Å². The minimum atomic E-state index is 0.314. The maximum absolute atomic E-state index is 2.61. The highest BCUT2D eigenvalue weighted by Gasteiger charge is 2.34. The normalized spacial score (nSPS) is 33.7. The molecule has 13 heavy (non-hydrogen) atoms. The lowest BCUT2D eigenvalue weighted by molar-refractivity contribution is -0.00568. The zero-order chi connectivity index (χ0) is 10.2. The Balaban J connectivity index is 2.70. The van der Waals surface area contributed by atoms with Crippen LogP contribution in [0.5, 0.6) is 0 Å². The molecule has 0 amide bonds. The van der Waals surface area contributed by atoms with Crippen LogP contribution < -0.4 is 0 Å². The minimum Gasteiger partial charge on any atom is -0.301 e. The van der Waals surface area contributed by atoms with Crippen molar-refractivity contribution >= 4 is 0 Å². The first-order valence-electron chi connectivity index (χ1n) is 5.31. The predicted molar refractivity (Wildman–Crippen MR) is 58.0 cm³/mol. The molecule has 0 aromatic heterocycles. The van der Waals surface area contributed by atoms with Crippen LogP contribution in [-0.4, -0.2) is 47.6 Å². The number of piperazine rings is 1. The summed E-state index contributed by atoms with van der Waals surface area (Å²) in [5.74, 6) is 0. The molecule has 1 rings (SSSR count). The van der Waals surface area contributed by atoms with Gasteiger partial charge in [-0.2, -0.15) is 0 Å². The van der Waals surface area contributed by atoms with E-state index in [1.54, 1.807) is 0 Å². The van der Waals surface area contributed by atoms with Crippen molar-refractivity contribution in [3.8, 4) is 0 Å². The number of likely N-dealkylation sites (N-methyl/N-ethyl adjacent to an activating group) is 1. The Bertz CT molecular complexity index is 171. The molecule has 1 aliphatic rings. The van der Waals surface area contributed by atoms with Gasteiger partial charge >= 0.3 is 0 Å². The van der Waals surface area contributed by atoms with Gasteiger partial charge in [0.2, 0.25) is 0 Å². The first kappa shape index (κ1) is 11.0. The molecule has 1 aliphatic heterocycles. The van der Waals surface area contributed by atoms with Gasteiger partial charge in [0.05, 0.1) is 0 Å². The van der Waals surface area contributed by atoms with E-state index in [1.807, 2.05) is 0 Å². The summed E-state index contributed by atoms with van der Waals surface area (Å²) >= 11 is 0. The molecule has 2 heteroatoms. The van der Waals surface area contributed by atoms with Crippen molar-refractivity contribution in [1.82, 2.24) is 9.80 Å². The summed E-state index contributed by atoms with van der Waals surface area (Å²) in [6, 6.07) is 1.34. The maximum Gasteiger partial charge on any atom is 0.0226 e. The van der Waals surface area contributed by atoms with Gasteiger partial charge in [-0.15, -0.1) is 0 Å². The Kier molecular flexibility index (Phi) is 3.03. The molecule has 1 fully saturated rings. The summed E-state index contributed by atoms with van der Waals surface area (Å²) in [4.78, 5) is 5.06. The first-order valence-corrected chi connectivity index (χ1v) is 5.31. The van der Waals surface area contributed by atoms with Gasteiger partial charge in [0, 0.05) is 30.7 Å². The molecular weight excluding hydrogens is 160 g/mol. The quantitative estimate of drug-likeness (QED) is 0.566. The fourth-order valence-electron chi connectivity index (χ4n) is 2.25. The molecule has 0 aromatic rings. The molecule has 0 aromatic carbocycles. The number of nitrogens with zero attached hydrogens (tertiary/aromatic N) is 2. The summed E-state index contributed by atoms with van der Waals surface area (Å²) in [6.07, 6.45) is 0. The van der Waals surface area contributed by atoms with Crippen LogP contribution in [0.2, 0.25) is 0 Å². The molecule has 0 saturated carbocycles. The standard InChI is InChI=1S/C11H24N2/c1-9-10(2)13(11(3,4)5)8-7-12(9)6/h9-10H,7-8H2,1-6H3/t9-,10-/m1/s1. The average molecular weight is 184 g/mol. The highest BCUT2D eigenvalue weighted by molar-refractivity contribution is 4.90. The molecule has 0 aliphatic carbocycles. The predicted octanol–water partition coefficient (Wildman–Crippen LogP) is 1.81. The lowest BCUT2D eigenvalue weighted by Gasteiger charge is -2.49. The van der Waals surface area contributed by atoms with Crippen molar-refractivity contribution in [3.05, 3.63) is 0 Å². The third-order valence-electron chi connectivity index (χ3n) is 3.44. The Morgan fingerprint density at radius 1 is 1.00 bits per heavy atom. The van der Waals surface area contributed by atoms with Gasteiger partial charge in [0.25, 0.3) is 0 Å². The molecule has 0 radical (unpaired) electrons. The second-order valence-electron chi connectivity index (χ2n) is 5.33. The largest absolute Gasteiger partial charge is 0.301 e. The van der Waals surface area contributed by atoms with E-state index >= 15 is 0 Å². The molecule has 78 valence electrons. The fourth-order valence-corrected chi connectivity index (χ4v) is 2.25. The Hall–Kier alpha value is -0.0800. The molecule has 0 unspecified atom stereocenters. The second kappa shape index (κ2) is 3.58. The van der Waals surface area contributed by atoms with Crippen molar-refractivity contribution in [2.75, 3.05) is 20.1 Å². The van der Waals surface area contributed by atoms with Crippen molar-refractivity contribution < 1.29 is 0 Å². The highest BCUT2D eigenvalue weighted by atomic mass is 15.3. The smallest absolute Gasteiger partial charge is 0.0226 e. The number of hydrogen-bond donors (Lipinski definition) is 0. The fraction of sp³-hybridized carbons (Fsp3) is 1.00. The zero-order valence-corrected chi connectivity index (χ0v) is 9.96. The van der Waals surface area contributed by atoms with Gasteiger partial charge in [0.1, 0.15) is 0 Å². The number of rotatable bonds is 0. The summed E-state index contributed by atoms with van der Waals surface area (Å²) in [6.45, 7) is 14.0. The molecule has 1 saturated heterocycles. The maximum atomic E-state index is 2.61. The summed E-state index contributed by atoms with van der Waals surface area (Å²) in [5, 5.41) is 0. The van der Waals surface area contributed by atoms with E-state index in [-0.39, 0.29) is 0 Å². The molecule has 0 spiro atoms. The van der Waals surface area contributed by atoms with E-state index < -0.39 is 0 Å². The van der Waals surface area contributed by atoms with Gasteiger partial charge in [-0.25, -0.2) is 0 Å². The van der Waals surface area contributed by atoms with Gasteiger partial charge in [-0.1, -0.05) is 0 Å². The van der Waals surface area contributed by atoms with Gasteiger partial charge in [-0.3, -0.25) is 4.90 Å². The van der Waals surface area contributed by atoms with Crippen LogP contribution in [0.15, 0.2) is 0 Å². The molecule has 2 nitrogen and oxygen atoms in total. The average Bonchev–Trinajstić information content (AvgIpc) is 1.98. The summed E-state index contributed by atoms with van der Waals surface area (Å²) in [7, 11) is 2.22. The third-order valence-corrected chi connectivity index (χ3v) is 3.44. The lowest BCUT2D eigenvalue weighted by atomic mass is 9.97. The van der Waals surface area contributed by atoms with Crippen molar-refractivity contribution in [2.45, 2.75) is 52.2 Å². The van der Waals surface area contributed by atoms with E-state index in [0.29, 0.717) is 17.6 Å². The number of hydrogen-bond acceptors (Lipinski definition) is 2. The molecular formula is C11H24N2. The monoisotopic (exact) mass is 184 g/mol. The minimum absolute atomic E-state index is 0.314. The molecule has 2 atom stereocenters. The van der Waals surface area contributed by atoms with Gasteiger partial charge in [0.15, 0.2) is 0 Å². The van der Waals surface area contributed by atoms with Crippen molar-refractivity contribution in [2.24, 2.45) is 0 Å². The van der Waals surface area contributed by atoms with E-state index in [9.17, 15) is 0 Å². The zero-order valence-electron chi connectivity index (χ0n) is 9.96. The first-order chi connectivity index (χ1) is 5.84. The van der Waals surface area contributed by atoms with Crippen LogP contribution in [0.3, 0.4) is 0 Å². The van der Waals surface area contributed by atoms with Gasteiger partial charge < -0.3 is 4.90 Å². The Morgan fingerprint density at radius 2 is 1.54 bits per heavy atom. The van der Waals surface area contributed by atoms with E-state index in [4.69, 9.17) is 0 Å². The molecule has 0 bridgehead atoms. The topological polar surface area (TPSA) is 6.48 Å². The molecule has 1 heterocycles. The Morgan fingerprint density at radius 3 is 2.00 bits per heavy atom. The molecule has 0 N–H and O–H groups in total. The highest BCUT2D eigenvalue weighted by Crippen LogP contribution is 2.23. The third kappa shape index (κ3) is 2.23. The van der Waals surface area contributed by atoms with Crippen molar-refractivity contribution in [3.63, 3.8) is 0 Å². The summed E-state index contributed by atoms with van der Waals surface area (Å²) in [5.41, 5.74) is 0.314. The van der Waals surface area contributed by atoms with E-state index in [2.05, 4.69) is 51.5 Å². The van der Waals surface area contributed by atoms with Gasteiger partial charge in [-0.05, 0) is 41.7 Å². The van der Waals surface area contributed by atoms with Crippen LogP contribution in [0, 0.1) is 0 Å². The van der Waals surface area contributed by atoms with Crippen molar-refractivity contribution in [1.29, 1.82) is 0 Å². The summed E-state index contributed by atoms with van der Waals surface area (Å²) < 4.78 is 0. The van der Waals surface area contributed by atoms with Crippen LogP contribution in [0.4, 0.5) is 0 Å². The SMILES string of the molecule is C[C@@H]1[C@@H](C)N(C(C)(C)C)CCN1C. The van der Waals surface area contributed by atoms with Crippen LogP contribution >= 0.6 is 0 Å². The van der Waals surface area contributed by atoms with Crippen LogP contribution in [0.25, 0.3) is 0 Å². The van der Waals surface area contributed by atoms with Crippen LogP contribution in [0.1, 0.15) is 34.6 Å².